The lowest BCUT2D eigenvalue weighted by Crippen LogP contribution is -2.32. The van der Waals surface area contributed by atoms with E-state index in [0.29, 0.717) is 5.56 Å². The zero-order valence-electron chi connectivity index (χ0n) is 11.6. The summed E-state index contributed by atoms with van der Waals surface area (Å²) in [5, 5.41) is 12.6. The first-order valence-corrected chi connectivity index (χ1v) is 7.63. The second-order valence-electron chi connectivity index (χ2n) is 4.89. The fraction of sp³-hybridized carbons (Fsp3) is 0.533. The van der Waals surface area contributed by atoms with E-state index in [1.165, 1.54) is 25.3 Å². The molecule has 0 spiro atoms. The summed E-state index contributed by atoms with van der Waals surface area (Å²) in [7, 11) is 0. The van der Waals surface area contributed by atoms with Crippen molar-refractivity contribution in [2.45, 2.75) is 52.0 Å². The SMILES string of the molecule is CCCCCCC(C)NC(=O)c1ccc(Br)cc1O. The minimum Gasteiger partial charge on any atom is -0.507 e. The van der Waals surface area contributed by atoms with E-state index in [1.807, 2.05) is 6.92 Å². The van der Waals surface area contributed by atoms with Crippen LogP contribution < -0.4 is 5.32 Å². The van der Waals surface area contributed by atoms with Gasteiger partial charge in [0.25, 0.3) is 5.91 Å². The van der Waals surface area contributed by atoms with Crippen molar-refractivity contribution >= 4 is 21.8 Å². The monoisotopic (exact) mass is 327 g/mol. The average molecular weight is 328 g/mol. The Labute approximate surface area is 123 Å². The quantitative estimate of drug-likeness (QED) is 0.736. The molecule has 0 aliphatic carbocycles. The molecule has 0 saturated carbocycles. The molecule has 0 aliphatic rings. The second-order valence-corrected chi connectivity index (χ2v) is 5.80. The van der Waals surface area contributed by atoms with E-state index in [4.69, 9.17) is 0 Å². The van der Waals surface area contributed by atoms with Crippen LogP contribution in [0.15, 0.2) is 22.7 Å². The van der Waals surface area contributed by atoms with Crippen molar-refractivity contribution in [2.24, 2.45) is 0 Å². The first kappa shape index (κ1) is 16.0. The van der Waals surface area contributed by atoms with Gasteiger partial charge in [0.2, 0.25) is 0 Å². The van der Waals surface area contributed by atoms with Crippen LogP contribution in [0.4, 0.5) is 0 Å². The Morgan fingerprint density at radius 3 is 2.74 bits per heavy atom. The van der Waals surface area contributed by atoms with Gasteiger partial charge in [-0.25, -0.2) is 0 Å². The lowest BCUT2D eigenvalue weighted by Gasteiger charge is -2.14. The normalized spacial score (nSPS) is 12.2. The van der Waals surface area contributed by atoms with Gasteiger partial charge >= 0.3 is 0 Å². The number of unbranched alkanes of at least 4 members (excludes halogenated alkanes) is 3. The summed E-state index contributed by atoms with van der Waals surface area (Å²) < 4.78 is 0.758. The summed E-state index contributed by atoms with van der Waals surface area (Å²) in [5.41, 5.74) is 0.323. The molecule has 1 rings (SSSR count). The molecule has 19 heavy (non-hydrogen) atoms. The maximum absolute atomic E-state index is 12.0. The predicted molar refractivity (Wildman–Crippen MR) is 81.5 cm³/mol. The number of phenolic OH excluding ortho intramolecular Hbond substituents is 1. The number of aromatic hydroxyl groups is 1. The van der Waals surface area contributed by atoms with Crippen molar-refractivity contribution in [3.63, 3.8) is 0 Å². The van der Waals surface area contributed by atoms with E-state index in [0.717, 1.165) is 17.3 Å². The molecule has 0 heterocycles. The van der Waals surface area contributed by atoms with Crippen molar-refractivity contribution < 1.29 is 9.90 Å². The van der Waals surface area contributed by atoms with Crippen LogP contribution in [-0.4, -0.2) is 17.1 Å². The minimum atomic E-state index is -0.215. The number of hydrogen-bond donors (Lipinski definition) is 2. The van der Waals surface area contributed by atoms with Crippen LogP contribution in [-0.2, 0) is 0 Å². The summed E-state index contributed by atoms with van der Waals surface area (Å²) in [6, 6.07) is 5.03. The Kier molecular flexibility index (Phi) is 6.92. The first-order valence-electron chi connectivity index (χ1n) is 6.84. The Balaban J connectivity index is 2.45. The van der Waals surface area contributed by atoms with Gasteiger partial charge in [0, 0.05) is 10.5 Å². The lowest BCUT2D eigenvalue weighted by molar-refractivity contribution is 0.0935. The molecule has 0 saturated heterocycles. The van der Waals surface area contributed by atoms with Gasteiger partial charge in [0.15, 0.2) is 0 Å². The van der Waals surface area contributed by atoms with E-state index in [2.05, 4.69) is 28.2 Å². The van der Waals surface area contributed by atoms with Crippen molar-refractivity contribution in [1.29, 1.82) is 0 Å². The first-order chi connectivity index (χ1) is 9.04. The largest absolute Gasteiger partial charge is 0.507 e. The van der Waals surface area contributed by atoms with E-state index < -0.39 is 0 Å². The van der Waals surface area contributed by atoms with E-state index in [9.17, 15) is 9.90 Å². The summed E-state index contributed by atoms with van der Waals surface area (Å²) in [6.07, 6.45) is 5.77. The fourth-order valence-corrected chi connectivity index (χ4v) is 2.30. The van der Waals surface area contributed by atoms with Gasteiger partial charge in [-0.15, -0.1) is 0 Å². The van der Waals surface area contributed by atoms with Crippen LogP contribution in [0.3, 0.4) is 0 Å². The molecule has 0 aromatic heterocycles. The zero-order chi connectivity index (χ0) is 14.3. The highest BCUT2D eigenvalue weighted by atomic mass is 79.9. The molecule has 1 aromatic carbocycles. The van der Waals surface area contributed by atoms with Gasteiger partial charge in [-0.05, 0) is 31.5 Å². The van der Waals surface area contributed by atoms with Crippen LogP contribution >= 0.6 is 15.9 Å². The van der Waals surface area contributed by atoms with Gasteiger partial charge in [-0.1, -0.05) is 48.5 Å². The number of carbonyl (C=O) groups is 1. The zero-order valence-corrected chi connectivity index (χ0v) is 13.2. The van der Waals surface area contributed by atoms with Crippen LogP contribution in [0.25, 0.3) is 0 Å². The van der Waals surface area contributed by atoms with Crippen molar-refractivity contribution in [3.8, 4) is 5.75 Å². The summed E-state index contributed by atoms with van der Waals surface area (Å²) in [5.74, 6) is -0.210. The molecule has 1 atom stereocenters. The van der Waals surface area contributed by atoms with Crippen LogP contribution in [0.5, 0.6) is 5.75 Å². The fourth-order valence-electron chi connectivity index (χ4n) is 1.95. The third kappa shape index (κ3) is 5.64. The number of halogens is 1. The highest BCUT2D eigenvalue weighted by Gasteiger charge is 2.13. The topological polar surface area (TPSA) is 49.3 Å². The molecule has 2 N–H and O–H groups in total. The maximum Gasteiger partial charge on any atom is 0.255 e. The highest BCUT2D eigenvalue weighted by Crippen LogP contribution is 2.22. The molecule has 0 bridgehead atoms. The molecule has 0 fully saturated rings. The molecule has 0 radical (unpaired) electrons. The summed E-state index contributed by atoms with van der Waals surface area (Å²) in [6.45, 7) is 4.18. The van der Waals surface area contributed by atoms with Crippen molar-refractivity contribution in [3.05, 3.63) is 28.2 Å². The molecule has 1 aromatic rings. The van der Waals surface area contributed by atoms with E-state index in [1.54, 1.807) is 12.1 Å². The lowest BCUT2D eigenvalue weighted by atomic mass is 10.1. The number of benzene rings is 1. The van der Waals surface area contributed by atoms with E-state index in [-0.39, 0.29) is 17.7 Å². The maximum atomic E-state index is 12.0. The van der Waals surface area contributed by atoms with Crippen molar-refractivity contribution in [2.75, 3.05) is 0 Å². The number of nitrogens with one attached hydrogen (secondary N) is 1. The molecule has 106 valence electrons. The van der Waals surface area contributed by atoms with Crippen LogP contribution in [0.1, 0.15) is 56.3 Å². The number of phenols is 1. The van der Waals surface area contributed by atoms with Gasteiger partial charge in [-0.3, -0.25) is 4.79 Å². The van der Waals surface area contributed by atoms with Gasteiger partial charge in [-0.2, -0.15) is 0 Å². The predicted octanol–water partition coefficient (Wildman–Crippen LogP) is 4.24. The van der Waals surface area contributed by atoms with Gasteiger partial charge in [0.05, 0.1) is 5.56 Å². The van der Waals surface area contributed by atoms with E-state index >= 15 is 0 Å². The molecule has 4 heteroatoms. The molecule has 3 nitrogen and oxygen atoms in total. The minimum absolute atomic E-state index is 0.00468. The number of hydrogen-bond acceptors (Lipinski definition) is 2. The Bertz CT molecular complexity index is 421. The summed E-state index contributed by atoms with van der Waals surface area (Å²) >= 11 is 3.25. The Morgan fingerprint density at radius 1 is 1.37 bits per heavy atom. The third-order valence-corrected chi connectivity index (χ3v) is 3.57. The molecule has 1 amide bonds. The molecule has 0 aliphatic heterocycles. The van der Waals surface area contributed by atoms with Crippen LogP contribution in [0.2, 0.25) is 0 Å². The van der Waals surface area contributed by atoms with Crippen molar-refractivity contribution in [1.82, 2.24) is 5.32 Å². The number of amides is 1. The molecular formula is C15H22BrNO2. The standard InChI is InChI=1S/C15H22BrNO2/c1-3-4-5-6-7-11(2)17-15(19)13-9-8-12(16)10-14(13)18/h8-11,18H,3-7H2,1-2H3,(H,17,19). The van der Waals surface area contributed by atoms with Gasteiger partial charge in [0.1, 0.15) is 5.75 Å². The molecule has 1 unspecified atom stereocenters. The Morgan fingerprint density at radius 2 is 2.11 bits per heavy atom. The van der Waals surface area contributed by atoms with Gasteiger partial charge < -0.3 is 10.4 Å². The highest BCUT2D eigenvalue weighted by molar-refractivity contribution is 9.10. The number of rotatable bonds is 7. The second kappa shape index (κ2) is 8.20. The Hall–Kier alpha value is -1.03. The molecular weight excluding hydrogens is 306 g/mol. The summed E-state index contributed by atoms with van der Waals surface area (Å²) in [4.78, 5) is 12.0. The van der Waals surface area contributed by atoms with Crippen LogP contribution in [0, 0.1) is 0 Å². The number of carbonyl (C=O) groups excluding carboxylic acids is 1. The third-order valence-electron chi connectivity index (χ3n) is 3.07. The average Bonchev–Trinajstić information content (AvgIpc) is 2.34. The smallest absolute Gasteiger partial charge is 0.255 e.